The Labute approximate surface area is 117 Å². The number of carbonyl (C=O) groups excluding carboxylic acids is 1. The average Bonchev–Trinajstić information content (AvgIpc) is 2.91. The number of aromatic amines is 1. The number of nitrogens with zero attached hydrogens (tertiary/aromatic N) is 2. The van der Waals surface area contributed by atoms with Gasteiger partial charge in [0.1, 0.15) is 6.04 Å². The zero-order valence-electron chi connectivity index (χ0n) is 10.9. The molecule has 1 N–H and O–H groups in total. The SMILES string of the molecule is CN1C(=O)C(Cc2c[nH]c3ccccc23)N(C)C1=S. The van der Waals surface area contributed by atoms with Crippen LogP contribution in [0.3, 0.4) is 0 Å². The molecule has 1 aliphatic rings. The predicted octanol–water partition coefficient (Wildman–Crippen LogP) is 1.77. The van der Waals surface area contributed by atoms with E-state index < -0.39 is 0 Å². The minimum absolute atomic E-state index is 0.0674. The van der Waals surface area contributed by atoms with E-state index in [0.717, 1.165) is 11.1 Å². The summed E-state index contributed by atoms with van der Waals surface area (Å²) in [7, 11) is 3.61. The largest absolute Gasteiger partial charge is 0.361 e. The lowest BCUT2D eigenvalue weighted by molar-refractivity contribution is -0.127. The van der Waals surface area contributed by atoms with E-state index in [0.29, 0.717) is 11.5 Å². The van der Waals surface area contributed by atoms with Crippen LogP contribution < -0.4 is 0 Å². The molecule has 2 aromatic rings. The highest BCUT2D eigenvalue weighted by atomic mass is 32.1. The maximum absolute atomic E-state index is 12.2. The lowest BCUT2D eigenvalue weighted by Gasteiger charge is -2.17. The third-order valence-electron chi connectivity index (χ3n) is 3.76. The first-order chi connectivity index (χ1) is 9.09. The van der Waals surface area contributed by atoms with Crippen molar-refractivity contribution in [1.29, 1.82) is 0 Å². The quantitative estimate of drug-likeness (QED) is 0.848. The third-order valence-corrected chi connectivity index (χ3v) is 4.32. The molecule has 1 unspecified atom stereocenters. The molecule has 0 radical (unpaired) electrons. The summed E-state index contributed by atoms with van der Waals surface area (Å²) in [5.41, 5.74) is 2.25. The summed E-state index contributed by atoms with van der Waals surface area (Å²) in [6, 6.07) is 7.92. The van der Waals surface area contributed by atoms with Crippen molar-refractivity contribution in [2.75, 3.05) is 14.1 Å². The Morgan fingerprint density at radius 3 is 2.74 bits per heavy atom. The van der Waals surface area contributed by atoms with E-state index in [1.165, 1.54) is 5.39 Å². The third kappa shape index (κ3) is 1.81. The Kier molecular flexibility index (Phi) is 2.78. The second kappa shape index (κ2) is 4.35. The Morgan fingerprint density at radius 1 is 1.32 bits per heavy atom. The van der Waals surface area contributed by atoms with E-state index in [1.807, 2.05) is 36.3 Å². The molecule has 3 rings (SSSR count). The van der Waals surface area contributed by atoms with E-state index in [2.05, 4.69) is 11.1 Å². The van der Waals surface area contributed by atoms with Gasteiger partial charge in [-0.1, -0.05) is 18.2 Å². The topological polar surface area (TPSA) is 39.3 Å². The number of benzene rings is 1. The van der Waals surface area contributed by atoms with Crippen molar-refractivity contribution in [1.82, 2.24) is 14.8 Å². The van der Waals surface area contributed by atoms with Crippen molar-refractivity contribution in [3.05, 3.63) is 36.0 Å². The molecule has 1 fully saturated rings. The molecule has 2 heterocycles. The molecule has 0 bridgehead atoms. The molecule has 0 saturated carbocycles. The molecule has 0 aliphatic carbocycles. The van der Waals surface area contributed by atoms with Gasteiger partial charge < -0.3 is 9.88 Å². The maximum atomic E-state index is 12.2. The number of carbonyl (C=O) groups is 1. The van der Waals surface area contributed by atoms with Gasteiger partial charge in [0.15, 0.2) is 5.11 Å². The van der Waals surface area contributed by atoms with Crippen LogP contribution in [-0.4, -0.2) is 45.9 Å². The Balaban J connectivity index is 1.93. The second-order valence-corrected chi connectivity index (χ2v) is 5.24. The highest BCUT2D eigenvalue weighted by Crippen LogP contribution is 2.23. The van der Waals surface area contributed by atoms with Crippen LogP contribution in [0.1, 0.15) is 5.56 Å². The molecule has 1 aromatic heterocycles. The Hall–Kier alpha value is -1.88. The van der Waals surface area contributed by atoms with Crippen LogP contribution in [0.15, 0.2) is 30.5 Å². The van der Waals surface area contributed by atoms with Crippen molar-refractivity contribution in [2.24, 2.45) is 0 Å². The number of rotatable bonds is 2. The van der Waals surface area contributed by atoms with Gasteiger partial charge in [0.05, 0.1) is 0 Å². The number of fused-ring (bicyclic) bond motifs is 1. The number of thiocarbonyl (C=S) groups is 1. The zero-order valence-corrected chi connectivity index (χ0v) is 11.7. The monoisotopic (exact) mass is 273 g/mol. The van der Waals surface area contributed by atoms with Crippen LogP contribution >= 0.6 is 12.2 Å². The molecule has 5 heteroatoms. The first-order valence-electron chi connectivity index (χ1n) is 6.19. The van der Waals surface area contributed by atoms with E-state index in [4.69, 9.17) is 12.2 Å². The number of aromatic nitrogens is 1. The fourth-order valence-electron chi connectivity index (χ4n) is 2.59. The van der Waals surface area contributed by atoms with Gasteiger partial charge in [-0.15, -0.1) is 0 Å². The van der Waals surface area contributed by atoms with Crippen LogP contribution in [0, 0.1) is 0 Å². The van der Waals surface area contributed by atoms with E-state index in [1.54, 1.807) is 11.9 Å². The summed E-state index contributed by atoms with van der Waals surface area (Å²) < 4.78 is 0. The van der Waals surface area contributed by atoms with Crippen LogP contribution in [0.25, 0.3) is 10.9 Å². The highest BCUT2D eigenvalue weighted by Gasteiger charge is 2.38. The fraction of sp³-hybridized carbons (Fsp3) is 0.286. The summed E-state index contributed by atoms with van der Waals surface area (Å²) in [5, 5.41) is 1.76. The molecule has 0 spiro atoms. The van der Waals surface area contributed by atoms with Crippen LogP contribution in [0.4, 0.5) is 0 Å². The second-order valence-electron chi connectivity index (χ2n) is 4.87. The molecular formula is C14H15N3OS. The predicted molar refractivity (Wildman–Crippen MR) is 78.9 cm³/mol. The molecular weight excluding hydrogens is 258 g/mol. The van der Waals surface area contributed by atoms with Gasteiger partial charge in [0.2, 0.25) is 0 Å². The van der Waals surface area contributed by atoms with E-state index >= 15 is 0 Å². The van der Waals surface area contributed by atoms with Crippen molar-refractivity contribution < 1.29 is 4.79 Å². The van der Waals surface area contributed by atoms with Crippen molar-refractivity contribution in [3.63, 3.8) is 0 Å². The fourth-order valence-corrected chi connectivity index (χ4v) is 2.80. The molecule has 4 nitrogen and oxygen atoms in total. The number of hydrogen-bond donors (Lipinski definition) is 1. The Bertz CT molecular complexity index is 664. The molecule has 1 aliphatic heterocycles. The number of nitrogens with one attached hydrogen (secondary N) is 1. The number of para-hydroxylation sites is 1. The number of likely N-dealkylation sites (N-methyl/N-ethyl adjacent to an activating group) is 2. The highest BCUT2D eigenvalue weighted by molar-refractivity contribution is 7.80. The van der Waals surface area contributed by atoms with Gasteiger partial charge in [0.25, 0.3) is 5.91 Å². The maximum Gasteiger partial charge on any atom is 0.251 e. The molecule has 1 saturated heterocycles. The first-order valence-corrected chi connectivity index (χ1v) is 6.60. The number of hydrogen-bond acceptors (Lipinski definition) is 2. The lowest BCUT2D eigenvalue weighted by atomic mass is 10.0. The zero-order chi connectivity index (χ0) is 13.6. The van der Waals surface area contributed by atoms with Crippen LogP contribution in [-0.2, 0) is 11.2 Å². The number of H-pyrrole nitrogens is 1. The van der Waals surface area contributed by atoms with Crippen LogP contribution in [0.5, 0.6) is 0 Å². The van der Waals surface area contributed by atoms with Gasteiger partial charge >= 0.3 is 0 Å². The van der Waals surface area contributed by atoms with Crippen molar-refractivity contribution >= 4 is 34.1 Å². The van der Waals surface area contributed by atoms with Crippen molar-refractivity contribution in [3.8, 4) is 0 Å². The van der Waals surface area contributed by atoms with E-state index in [-0.39, 0.29) is 11.9 Å². The molecule has 1 aromatic carbocycles. The minimum Gasteiger partial charge on any atom is -0.361 e. The summed E-state index contributed by atoms with van der Waals surface area (Å²) in [6.07, 6.45) is 2.65. The van der Waals surface area contributed by atoms with E-state index in [9.17, 15) is 4.79 Å². The molecule has 19 heavy (non-hydrogen) atoms. The summed E-state index contributed by atoms with van der Waals surface area (Å²) in [6.45, 7) is 0. The van der Waals surface area contributed by atoms with Crippen molar-refractivity contribution in [2.45, 2.75) is 12.5 Å². The van der Waals surface area contributed by atoms with Crippen LogP contribution in [0.2, 0.25) is 0 Å². The van der Waals surface area contributed by atoms with Gasteiger partial charge in [-0.2, -0.15) is 0 Å². The molecule has 1 atom stereocenters. The molecule has 1 amide bonds. The Morgan fingerprint density at radius 2 is 2.05 bits per heavy atom. The van der Waals surface area contributed by atoms with Gasteiger partial charge in [-0.25, -0.2) is 0 Å². The standard InChI is InChI=1S/C14H15N3OS/c1-16-12(13(18)17(2)14(16)19)7-9-8-15-11-6-4-3-5-10(9)11/h3-6,8,12,15H,7H2,1-2H3. The van der Waals surface area contributed by atoms with Gasteiger partial charge in [-0.3, -0.25) is 9.69 Å². The summed E-state index contributed by atoms with van der Waals surface area (Å²) >= 11 is 5.23. The normalized spacial score (nSPS) is 19.8. The smallest absolute Gasteiger partial charge is 0.251 e. The average molecular weight is 273 g/mol. The molecule has 98 valence electrons. The van der Waals surface area contributed by atoms with Gasteiger partial charge in [-0.05, 0) is 23.8 Å². The summed E-state index contributed by atoms with van der Waals surface area (Å²) in [5.74, 6) is 0.0674. The number of amides is 1. The first kappa shape index (κ1) is 12.2. The minimum atomic E-state index is -0.197. The lowest BCUT2D eigenvalue weighted by Crippen LogP contribution is -2.33. The van der Waals surface area contributed by atoms with Gasteiger partial charge in [0, 0.05) is 37.6 Å². The summed E-state index contributed by atoms with van der Waals surface area (Å²) in [4.78, 5) is 18.8.